The predicted octanol–water partition coefficient (Wildman–Crippen LogP) is 2.03. The third-order valence-corrected chi connectivity index (χ3v) is 2.11. The van der Waals surface area contributed by atoms with Crippen LogP contribution in [-0.4, -0.2) is 17.4 Å². The van der Waals surface area contributed by atoms with Crippen molar-refractivity contribution in [1.29, 1.82) is 0 Å². The number of hydrogen-bond donors (Lipinski definition) is 2. The second kappa shape index (κ2) is 6.33. The van der Waals surface area contributed by atoms with Crippen LogP contribution < -0.4 is 10.8 Å². The van der Waals surface area contributed by atoms with Crippen LogP contribution in [0.25, 0.3) is 0 Å². The van der Waals surface area contributed by atoms with E-state index < -0.39 is 5.60 Å². The summed E-state index contributed by atoms with van der Waals surface area (Å²) in [5.74, 6) is -0.328. The first-order valence-corrected chi connectivity index (χ1v) is 6.09. The van der Waals surface area contributed by atoms with Crippen molar-refractivity contribution in [3.05, 3.63) is 29.8 Å². The van der Waals surface area contributed by atoms with Crippen molar-refractivity contribution in [2.24, 2.45) is 0 Å². The van der Waals surface area contributed by atoms with Crippen LogP contribution in [0.15, 0.2) is 24.3 Å². The third kappa shape index (κ3) is 6.57. The Balaban J connectivity index is 2.49. The van der Waals surface area contributed by atoms with Crippen molar-refractivity contribution in [3.8, 4) is 0 Å². The third-order valence-electron chi connectivity index (χ3n) is 2.11. The molecule has 104 valence electrons. The molecule has 19 heavy (non-hydrogen) atoms. The van der Waals surface area contributed by atoms with E-state index in [1.807, 2.05) is 20.8 Å². The molecule has 0 atom stereocenters. The molecule has 1 aromatic carbocycles. The fourth-order valence-electron chi connectivity index (χ4n) is 1.34. The molecule has 2 amide bonds. The highest BCUT2D eigenvalue weighted by Crippen LogP contribution is 2.10. The van der Waals surface area contributed by atoms with Crippen molar-refractivity contribution in [2.45, 2.75) is 39.7 Å². The van der Waals surface area contributed by atoms with Gasteiger partial charge in [-0.2, -0.15) is 0 Å². The molecule has 0 saturated carbocycles. The molecule has 5 heteroatoms. The number of rotatable bonds is 4. The maximum atomic E-state index is 11.6. The highest BCUT2D eigenvalue weighted by atomic mass is 16.7. The van der Waals surface area contributed by atoms with E-state index >= 15 is 0 Å². The molecule has 0 fully saturated rings. The van der Waals surface area contributed by atoms with Crippen molar-refractivity contribution in [2.75, 3.05) is 5.32 Å². The Hall–Kier alpha value is -1.88. The van der Waals surface area contributed by atoms with Gasteiger partial charge in [0, 0.05) is 12.6 Å². The first-order chi connectivity index (χ1) is 8.76. The molecule has 0 aliphatic heterocycles. The topological polar surface area (TPSA) is 67.4 Å². The van der Waals surface area contributed by atoms with Crippen LogP contribution >= 0.6 is 0 Å². The number of benzene rings is 1. The van der Waals surface area contributed by atoms with E-state index in [2.05, 4.69) is 10.8 Å². The molecule has 0 aliphatic carbocycles. The molecule has 0 unspecified atom stereocenters. The summed E-state index contributed by atoms with van der Waals surface area (Å²) in [5.41, 5.74) is 3.56. The van der Waals surface area contributed by atoms with Crippen molar-refractivity contribution < 1.29 is 14.4 Å². The number of amides is 2. The molecule has 0 saturated heterocycles. The molecule has 0 radical (unpaired) electrons. The number of carbonyl (C=O) groups excluding carboxylic acids is 2. The minimum atomic E-state index is -0.412. The van der Waals surface area contributed by atoms with E-state index in [1.54, 1.807) is 24.3 Å². The maximum absolute atomic E-state index is 11.6. The van der Waals surface area contributed by atoms with E-state index in [4.69, 9.17) is 4.84 Å². The Morgan fingerprint density at radius 2 is 1.74 bits per heavy atom. The van der Waals surface area contributed by atoms with E-state index in [1.165, 1.54) is 6.92 Å². The minimum absolute atomic E-state index is 0.121. The summed E-state index contributed by atoms with van der Waals surface area (Å²) in [6, 6.07) is 7.10. The lowest BCUT2D eigenvalue weighted by Gasteiger charge is -2.18. The van der Waals surface area contributed by atoms with E-state index in [0.29, 0.717) is 5.69 Å². The highest BCUT2D eigenvalue weighted by molar-refractivity contribution is 5.88. The van der Waals surface area contributed by atoms with Gasteiger partial charge in [0.15, 0.2) is 0 Å². The second-order valence-corrected chi connectivity index (χ2v) is 5.29. The van der Waals surface area contributed by atoms with Crippen molar-refractivity contribution in [3.63, 3.8) is 0 Å². The van der Waals surface area contributed by atoms with Gasteiger partial charge in [-0.05, 0) is 38.5 Å². The summed E-state index contributed by atoms with van der Waals surface area (Å²) in [6.45, 7) is 7.02. The van der Waals surface area contributed by atoms with Crippen molar-refractivity contribution >= 4 is 17.5 Å². The summed E-state index contributed by atoms with van der Waals surface area (Å²) in [6.07, 6.45) is 0.233. The van der Waals surface area contributed by atoms with Crippen LogP contribution in [0.4, 0.5) is 5.69 Å². The first-order valence-electron chi connectivity index (χ1n) is 6.09. The number of carbonyl (C=O) groups is 2. The van der Waals surface area contributed by atoms with Gasteiger partial charge in [0.25, 0.3) is 0 Å². The van der Waals surface area contributed by atoms with Gasteiger partial charge in [-0.25, -0.2) is 5.48 Å². The standard InChI is InChI=1S/C14H20N2O3/c1-10(17)15-12-7-5-11(6-8-12)9-13(18)16-19-14(2,3)4/h5-8H,9H2,1-4H3,(H,15,17)(H,16,18). The Labute approximate surface area is 113 Å². The second-order valence-electron chi connectivity index (χ2n) is 5.29. The van der Waals surface area contributed by atoms with Crippen LogP contribution in [0.3, 0.4) is 0 Å². The largest absolute Gasteiger partial charge is 0.326 e. The Kier molecular flexibility index (Phi) is 5.06. The van der Waals surface area contributed by atoms with Gasteiger partial charge < -0.3 is 5.32 Å². The van der Waals surface area contributed by atoms with Crippen LogP contribution in [0, 0.1) is 0 Å². The molecular weight excluding hydrogens is 244 g/mol. The summed E-state index contributed by atoms with van der Waals surface area (Å²) in [4.78, 5) is 27.7. The van der Waals surface area contributed by atoms with Gasteiger partial charge in [-0.3, -0.25) is 14.4 Å². The average Bonchev–Trinajstić information content (AvgIpc) is 2.28. The zero-order valence-corrected chi connectivity index (χ0v) is 11.7. The van der Waals surface area contributed by atoms with Crippen molar-refractivity contribution in [1.82, 2.24) is 5.48 Å². The molecular formula is C14H20N2O3. The van der Waals surface area contributed by atoms with E-state index in [0.717, 1.165) is 5.56 Å². The molecule has 1 aromatic rings. The SMILES string of the molecule is CC(=O)Nc1ccc(CC(=O)NOC(C)(C)C)cc1. The monoisotopic (exact) mass is 264 g/mol. The normalized spacial score (nSPS) is 10.9. The number of hydroxylamine groups is 1. The number of hydrogen-bond acceptors (Lipinski definition) is 3. The predicted molar refractivity (Wildman–Crippen MR) is 73.4 cm³/mol. The fourth-order valence-corrected chi connectivity index (χ4v) is 1.34. The van der Waals surface area contributed by atoms with Gasteiger partial charge in [-0.15, -0.1) is 0 Å². The van der Waals surface area contributed by atoms with Gasteiger partial charge in [0.2, 0.25) is 11.8 Å². The van der Waals surface area contributed by atoms with Gasteiger partial charge in [-0.1, -0.05) is 12.1 Å². The molecule has 1 rings (SSSR count). The van der Waals surface area contributed by atoms with Gasteiger partial charge in [0.1, 0.15) is 0 Å². The molecule has 0 aromatic heterocycles. The lowest BCUT2D eigenvalue weighted by atomic mass is 10.1. The fraction of sp³-hybridized carbons (Fsp3) is 0.429. The minimum Gasteiger partial charge on any atom is -0.326 e. The lowest BCUT2D eigenvalue weighted by Crippen LogP contribution is -2.34. The van der Waals surface area contributed by atoms with Gasteiger partial charge >= 0.3 is 0 Å². The van der Waals surface area contributed by atoms with Gasteiger partial charge in [0.05, 0.1) is 12.0 Å². The lowest BCUT2D eigenvalue weighted by molar-refractivity contribution is -0.144. The van der Waals surface area contributed by atoms with E-state index in [9.17, 15) is 9.59 Å². The van der Waals surface area contributed by atoms with Crippen LogP contribution in [0.5, 0.6) is 0 Å². The molecule has 0 spiro atoms. The smallest absolute Gasteiger partial charge is 0.247 e. The zero-order valence-electron chi connectivity index (χ0n) is 11.7. The van der Waals surface area contributed by atoms with Crippen LogP contribution in [-0.2, 0) is 20.8 Å². The summed E-state index contributed by atoms with van der Waals surface area (Å²) in [7, 11) is 0. The molecule has 2 N–H and O–H groups in total. The average molecular weight is 264 g/mol. The Bertz CT molecular complexity index is 447. The van der Waals surface area contributed by atoms with Crippen LogP contribution in [0.2, 0.25) is 0 Å². The molecule has 0 aliphatic rings. The summed E-state index contributed by atoms with van der Waals surface area (Å²) >= 11 is 0. The Morgan fingerprint density at radius 1 is 1.16 bits per heavy atom. The zero-order chi connectivity index (χ0) is 14.5. The molecule has 0 bridgehead atoms. The Morgan fingerprint density at radius 3 is 2.21 bits per heavy atom. The molecule has 0 heterocycles. The number of nitrogens with one attached hydrogen (secondary N) is 2. The maximum Gasteiger partial charge on any atom is 0.247 e. The summed E-state index contributed by atoms with van der Waals surface area (Å²) < 4.78 is 0. The van der Waals surface area contributed by atoms with Crippen LogP contribution in [0.1, 0.15) is 33.3 Å². The number of anilines is 1. The highest BCUT2D eigenvalue weighted by Gasteiger charge is 2.13. The summed E-state index contributed by atoms with van der Waals surface area (Å²) in [5, 5.41) is 2.67. The quantitative estimate of drug-likeness (QED) is 0.818. The van der Waals surface area contributed by atoms with E-state index in [-0.39, 0.29) is 18.2 Å². The first kappa shape index (κ1) is 15.2. The molecule has 5 nitrogen and oxygen atoms in total.